The highest BCUT2D eigenvalue weighted by atomic mass is 19.4. The van der Waals surface area contributed by atoms with E-state index in [-0.39, 0.29) is 11.9 Å². The Kier molecular flexibility index (Phi) is 4.13. The van der Waals surface area contributed by atoms with Gasteiger partial charge in [0.2, 0.25) is 0 Å². The van der Waals surface area contributed by atoms with E-state index >= 15 is 0 Å². The van der Waals surface area contributed by atoms with Crippen LogP contribution in [-0.4, -0.2) is 32.5 Å². The van der Waals surface area contributed by atoms with Crippen LogP contribution in [0.1, 0.15) is 46.1 Å². The van der Waals surface area contributed by atoms with Crippen molar-refractivity contribution in [1.82, 2.24) is 20.1 Å². The Morgan fingerprint density at radius 2 is 2.00 bits per heavy atom. The van der Waals surface area contributed by atoms with Crippen LogP contribution in [0.4, 0.5) is 13.2 Å². The van der Waals surface area contributed by atoms with E-state index in [1.54, 1.807) is 11.0 Å². The molecule has 4 rings (SSSR count). The maximum Gasteiger partial charge on any atom is 0.416 e. The normalized spacial score (nSPS) is 17.6. The third kappa shape index (κ3) is 3.15. The maximum atomic E-state index is 13.0. The lowest BCUT2D eigenvalue weighted by Crippen LogP contribution is -2.30. The van der Waals surface area contributed by atoms with Gasteiger partial charge < -0.3 is 4.90 Å². The minimum absolute atomic E-state index is 0.174. The van der Waals surface area contributed by atoms with Gasteiger partial charge in [-0.25, -0.2) is 4.98 Å². The van der Waals surface area contributed by atoms with Crippen LogP contribution in [0.15, 0.2) is 36.5 Å². The summed E-state index contributed by atoms with van der Waals surface area (Å²) in [7, 11) is 0. The van der Waals surface area contributed by atoms with Crippen LogP contribution in [0.5, 0.6) is 0 Å². The summed E-state index contributed by atoms with van der Waals surface area (Å²) in [6.07, 6.45) is -1.35. The number of aromatic amines is 1. The Morgan fingerprint density at radius 1 is 1.26 bits per heavy atom. The molecule has 5 nitrogen and oxygen atoms in total. The van der Waals surface area contributed by atoms with Gasteiger partial charge in [0, 0.05) is 23.8 Å². The summed E-state index contributed by atoms with van der Waals surface area (Å²) in [5.41, 5.74) is 1.85. The number of alkyl halides is 3. The Balaban J connectivity index is 1.62. The van der Waals surface area contributed by atoms with Gasteiger partial charge in [-0.1, -0.05) is 12.1 Å². The van der Waals surface area contributed by atoms with Gasteiger partial charge in [-0.2, -0.15) is 18.3 Å². The minimum atomic E-state index is -4.37. The van der Waals surface area contributed by atoms with Gasteiger partial charge in [0.05, 0.1) is 17.2 Å². The molecule has 1 aliphatic heterocycles. The second-order valence-corrected chi connectivity index (χ2v) is 6.72. The van der Waals surface area contributed by atoms with E-state index in [1.807, 2.05) is 6.92 Å². The predicted molar refractivity (Wildman–Crippen MR) is 93.1 cm³/mol. The smallest absolute Gasteiger partial charge is 0.332 e. The number of benzene rings is 1. The van der Waals surface area contributed by atoms with Crippen molar-refractivity contribution in [2.45, 2.75) is 32.0 Å². The molecule has 3 aromatic rings. The number of rotatable bonds is 2. The molecule has 0 spiro atoms. The summed E-state index contributed by atoms with van der Waals surface area (Å²) in [4.78, 5) is 18.9. The number of pyridine rings is 1. The Labute approximate surface area is 153 Å². The van der Waals surface area contributed by atoms with Gasteiger partial charge in [0.15, 0.2) is 5.65 Å². The highest BCUT2D eigenvalue weighted by Crippen LogP contribution is 2.35. The van der Waals surface area contributed by atoms with Gasteiger partial charge >= 0.3 is 6.18 Å². The Hall–Kier alpha value is -2.90. The molecule has 0 saturated carbocycles. The number of H-pyrrole nitrogens is 1. The molecule has 1 aromatic carbocycles. The van der Waals surface area contributed by atoms with E-state index in [1.165, 1.54) is 18.3 Å². The van der Waals surface area contributed by atoms with Crippen LogP contribution in [0.2, 0.25) is 0 Å². The number of hydrogen-bond donors (Lipinski definition) is 1. The average Bonchev–Trinajstić information content (AvgIpc) is 3.27. The van der Waals surface area contributed by atoms with E-state index in [9.17, 15) is 18.0 Å². The lowest BCUT2D eigenvalue weighted by atomic mass is 10.0. The lowest BCUT2D eigenvalue weighted by molar-refractivity contribution is -0.137. The summed E-state index contributed by atoms with van der Waals surface area (Å²) in [5, 5.41) is 7.67. The number of carbonyl (C=O) groups is 1. The first-order chi connectivity index (χ1) is 12.8. The van der Waals surface area contributed by atoms with Crippen LogP contribution in [0, 0.1) is 6.92 Å². The van der Waals surface area contributed by atoms with Gasteiger partial charge in [0.1, 0.15) is 0 Å². The number of carbonyl (C=O) groups excluding carboxylic acids is 1. The van der Waals surface area contributed by atoms with E-state index in [2.05, 4.69) is 15.2 Å². The van der Waals surface area contributed by atoms with Crippen LogP contribution in [0.3, 0.4) is 0 Å². The first-order valence-electron chi connectivity index (χ1n) is 8.63. The molecule has 0 unspecified atom stereocenters. The number of halogens is 3. The summed E-state index contributed by atoms with van der Waals surface area (Å²) in [6, 6.07) is 6.57. The molecule has 1 N–H and O–H groups in total. The molecule has 140 valence electrons. The quantitative estimate of drug-likeness (QED) is 0.729. The van der Waals surface area contributed by atoms with Crippen molar-refractivity contribution in [3.63, 3.8) is 0 Å². The molecular formula is C19H17F3N4O. The monoisotopic (exact) mass is 374 g/mol. The van der Waals surface area contributed by atoms with Crippen molar-refractivity contribution in [2.75, 3.05) is 6.54 Å². The van der Waals surface area contributed by atoms with Crippen LogP contribution in [-0.2, 0) is 6.18 Å². The fourth-order valence-electron chi connectivity index (χ4n) is 3.55. The zero-order valence-corrected chi connectivity index (χ0v) is 14.5. The number of amides is 1. The molecule has 0 bridgehead atoms. The largest absolute Gasteiger partial charge is 0.416 e. The molecule has 8 heteroatoms. The van der Waals surface area contributed by atoms with Crippen LogP contribution < -0.4 is 0 Å². The number of aryl methyl sites for hydroxylation is 1. The SMILES string of the molecule is Cc1[nH]nc2ncc(C(=O)N3CCC[C@H]3c3ccc(C(F)(F)F)cc3)cc12. The molecule has 1 aliphatic rings. The van der Waals surface area contributed by atoms with Gasteiger partial charge in [-0.15, -0.1) is 0 Å². The fourth-order valence-corrected chi connectivity index (χ4v) is 3.55. The highest BCUT2D eigenvalue weighted by Gasteiger charge is 2.33. The first kappa shape index (κ1) is 17.5. The second kappa shape index (κ2) is 6.37. The zero-order chi connectivity index (χ0) is 19.2. The molecule has 0 aliphatic carbocycles. The molecular weight excluding hydrogens is 357 g/mol. The van der Waals surface area contributed by atoms with Crippen molar-refractivity contribution < 1.29 is 18.0 Å². The van der Waals surface area contributed by atoms with Gasteiger partial charge in [0.25, 0.3) is 5.91 Å². The number of aromatic nitrogens is 3. The molecule has 2 aromatic heterocycles. The van der Waals surface area contributed by atoms with Crippen molar-refractivity contribution in [2.24, 2.45) is 0 Å². The number of fused-ring (bicyclic) bond motifs is 1. The number of nitrogens with one attached hydrogen (secondary N) is 1. The van der Waals surface area contributed by atoms with Crippen molar-refractivity contribution in [1.29, 1.82) is 0 Å². The zero-order valence-electron chi connectivity index (χ0n) is 14.5. The fraction of sp³-hybridized carbons (Fsp3) is 0.316. The highest BCUT2D eigenvalue weighted by molar-refractivity contribution is 5.97. The lowest BCUT2D eigenvalue weighted by Gasteiger charge is -2.25. The van der Waals surface area contributed by atoms with Crippen molar-refractivity contribution in [3.05, 3.63) is 58.9 Å². The topological polar surface area (TPSA) is 61.9 Å². The number of hydrogen-bond acceptors (Lipinski definition) is 3. The second-order valence-electron chi connectivity index (χ2n) is 6.72. The Morgan fingerprint density at radius 3 is 2.70 bits per heavy atom. The molecule has 1 atom stereocenters. The van der Waals surface area contributed by atoms with Crippen molar-refractivity contribution in [3.8, 4) is 0 Å². The maximum absolute atomic E-state index is 13.0. The summed E-state index contributed by atoms with van der Waals surface area (Å²) < 4.78 is 38.3. The number of nitrogens with zero attached hydrogens (tertiary/aromatic N) is 3. The van der Waals surface area contributed by atoms with E-state index < -0.39 is 11.7 Å². The summed E-state index contributed by atoms with van der Waals surface area (Å²) in [6.45, 7) is 2.42. The third-order valence-electron chi connectivity index (χ3n) is 4.98. The van der Waals surface area contributed by atoms with E-state index in [0.29, 0.717) is 23.3 Å². The summed E-state index contributed by atoms with van der Waals surface area (Å²) in [5.74, 6) is -0.174. The standard InChI is InChI=1S/C19H17F3N4O/c1-11-15-9-13(10-23-17(15)25-24-11)18(27)26-8-2-3-16(26)12-4-6-14(7-5-12)19(20,21)22/h4-7,9-10,16H,2-3,8H2,1H3,(H,23,24,25)/t16-/m0/s1. The van der Waals surface area contributed by atoms with E-state index in [4.69, 9.17) is 0 Å². The summed E-state index contributed by atoms with van der Waals surface area (Å²) >= 11 is 0. The predicted octanol–water partition coefficient (Wildman–Crippen LogP) is 4.26. The number of likely N-dealkylation sites (tertiary alicyclic amines) is 1. The van der Waals surface area contributed by atoms with Gasteiger partial charge in [-0.05, 0) is 43.5 Å². The molecule has 3 heterocycles. The average molecular weight is 374 g/mol. The molecule has 27 heavy (non-hydrogen) atoms. The van der Waals surface area contributed by atoms with Crippen LogP contribution >= 0.6 is 0 Å². The molecule has 1 saturated heterocycles. The molecule has 1 amide bonds. The van der Waals surface area contributed by atoms with Crippen molar-refractivity contribution >= 4 is 16.9 Å². The third-order valence-corrected chi connectivity index (χ3v) is 4.98. The van der Waals surface area contributed by atoms with E-state index in [0.717, 1.165) is 36.1 Å². The first-order valence-corrected chi connectivity index (χ1v) is 8.63. The molecule has 1 fully saturated rings. The van der Waals surface area contributed by atoms with Gasteiger partial charge in [-0.3, -0.25) is 9.89 Å². The Bertz CT molecular complexity index is 994. The van der Waals surface area contributed by atoms with Crippen LogP contribution in [0.25, 0.3) is 11.0 Å². The molecule has 0 radical (unpaired) electrons. The minimum Gasteiger partial charge on any atom is -0.332 e.